The number of ether oxygens (including phenoxy) is 1. The molecule has 9 heteroatoms. The molecule has 1 aliphatic heterocycles. The number of nitrogens with one attached hydrogen (secondary N) is 1. The second-order valence-electron chi connectivity index (χ2n) is 6.47. The number of hydrogen-bond acceptors (Lipinski definition) is 5. The van der Waals surface area contributed by atoms with Crippen LogP contribution in [0.15, 0.2) is 47.4 Å². The van der Waals surface area contributed by atoms with Crippen LogP contribution in [0.5, 0.6) is 5.75 Å². The predicted octanol–water partition coefficient (Wildman–Crippen LogP) is 3.08. The van der Waals surface area contributed by atoms with E-state index in [1.807, 2.05) is 37.3 Å². The Bertz CT molecular complexity index is 964. The molecule has 3 rings (SSSR count). The highest BCUT2D eigenvalue weighted by molar-refractivity contribution is 7.99. The molecule has 6 nitrogen and oxygen atoms in total. The van der Waals surface area contributed by atoms with Gasteiger partial charge in [-0.2, -0.15) is 0 Å². The summed E-state index contributed by atoms with van der Waals surface area (Å²) in [5, 5.41) is 3.49. The summed E-state index contributed by atoms with van der Waals surface area (Å²) < 4.78 is 31.4. The van der Waals surface area contributed by atoms with Crippen LogP contribution in [0.1, 0.15) is 5.56 Å². The zero-order valence-corrected chi connectivity index (χ0v) is 17.9. The number of rotatable bonds is 6. The molecule has 1 heterocycles. The summed E-state index contributed by atoms with van der Waals surface area (Å²) in [6.45, 7) is 2.26. The number of amides is 1. The van der Waals surface area contributed by atoms with E-state index < -0.39 is 16.1 Å². The maximum Gasteiger partial charge on any atom is 0.263 e. The highest BCUT2D eigenvalue weighted by Gasteiger charge is 2.34. The van der Waals surface area contributed by atoms with E-state index in [-0.39, 0.29) is 12.5 Å². The summed E-state index contributed by atoms with van der Waals surface area (Å²) in [5.74, 6) is 0.723. The monoisotopic (exact) mass is 440 g/mol. The van der Waals surface area contributed by atoms with Gasteiger partial charge in [-0.3, -0.25) is 9.10 Å². The van der Waals surface area contributed by atoms with Gasteiger partial charge in [-0.25, -0.2) is 8.42 Å². The number of anilines is 1. The minimum atomic E-state index is -3.53. The number of nitrogens with zero attached hydrogens (tertiary/aromatic N) is 1. The number of sulfonamides is 1. The molecule has 0 aliphatic carbocycles. The van der Waals surface area contributed by atoms with Gasteiger partial charge < -0.3 is 10.1 Å². The lowest BCUT2D eigenvalue weighted by molar-refractivity contribution is -0.127. The van der Waals surface area contributed by atoms with E-state index in [0.717, 1.165) is 16.7 Å². The normalized spacial score (nSPS) is 16.2. The second kappa shape index (κ2) is 8.63. The SMILES string of the molecule is Cc1ccc2c(c1)N(S(C)(=O)=O)C[C@H](C(=O)NCCSc1ccc(Cl)cc1)O2. The van der Waals surface area contributed by atoms with E-state index in [4.69, 9.17) is 16.3 Å². The van der Waals surface area contributed by atoms with Crippen molar-refractivity contribution < 1.29 is 17.9 Å². The van der Waals surface area contributed by atoms with Crippen molar-refractivity contribution in [3.8, 4) is 5.75 Å². The van der Waals surface area contributed by atoms with Crippen LogP contribution in [0, 0.1) is 6.92 Å². The Morgan fingerprint density at radius 1 is 1.29 bits per heavy atom. The largest absolute Gasteiger partial charge is 0.476 e. The van der Waals surface area contributed by atoms with Gasteiger partial charge in [0.15, 0.2) is 6.10 Å². The topological polar surface area (TPSA) is 75.7 Å². The molecule has 0 saturated carbocycles. The lowest BCUT2D eigenvalue weighted by Crippen LogP contribution is -2.50. The number of benzene rings is 2. The zero-order valence-electron chi connectivity index (χ0n) is 15.5. The summed E-state index contributed by atoms with van der Waals surface area (Å²) >= 11 is 7.45. The molecule has 1 atom stereocenters. The van der Waals surface area contributed by atoms with E-state index in [9.17, 15) is 13.2 Å². The van der Waals surface area contributed by atoms with Crippen molar-refractivity contribution in [1.82, 2.24) is 5.32 Å². The maximum atomic E-state index is 12.5. The number of carbonyl (C=O) groups is 1. The van der Waals surface area contributed by atoms with Crippen LogP contribution in [0.3, 0.4) is 0 Å². The van der Waals surface area contributed by atoms with Crippen molar-refractivity contribution in [1.29, 1.82) is 0 Å². The van der Waals surface area contributed by atoms with Crippen LogP contribution in [0.2, 0.25) is 5.02 Å². The predicted molar refractivity (Wildman–Crippen MR) is 113 cm³/mol. The molecular weight excluding hydrogens is 420 g/mol. The van der Waals surface area contributed by atoms with Crippen LogP contribution in [-0.4, -0.2) is 45.5 Å². The van der Waals surface area contributed by atoms with Gasteiger partial charge in [-0.15, -0.1) is 11.8 Å². The van der Waals surface area contributed by atoms with Crippen molar-refractivity contribution in [2.45, 2.75) is 17.9 Å². The highest BCUT2D eigenvalue weighted by atomic mass is 35.5. The van der Waals surface area contributed by atoms with Gasteiger partial charge in [0.25, 0.3) is 5.91 Å². The molecular formula is C19H21ClN2O4S2. The summed E-state index contributed by atoms with van der Waals surface area (Å²) in [6, 6.07) is 12.7. The van der Waals surface area contributed by atoms with E-state index in [0.29, 0.717) is 28.8 Å². The lowest BCUT2D eigenvalue weighted by atomic mass is 10.1. The van der Waals surface area contributed by atoms with Crippen molar-refractivity contribution in [3.63, 3.8) is 0 Å². The van der Waals surface area contributed by atoms with Crippen LogP contribution in [0.4, 0.5) is 5.69 Å². The standard InChI is InChI=1S/C19H21ClN2O4S2/c1-13-3-8-17-16(11-13)22(28(2,24)25)12-18(26-17)19(23)21-9-10-27-15-6-4-14(20)5-7-15/h3-8,11,18H,9-10,12H2,1-2H3,(H,21,23)/t18-/m1/s1. The number of fused-ring (bicyclic) bond motifs is 1. The van der Waals surface area contributed by atoms with E-state index >= 15 is 0 Å². The molecule has 2 aromatic rings. The highest BCUT2D eigenvalue weighted by Crippen LogP contribution is 2.35. The molecule has 0 radical (unpaired) electrons. The molecule has 150 valence electrons. The molecule has 1 aliphatic rings. The molecule has 0 unspecified atom stereocenters. The number of carbonyl (C=O) groups excluding carboxylic acids is 1. The van der Waals surface area contributed by atoms with Crippen molar-refractivity contribution in [2.75, 3.05) is 29.4 Å². The third-order valence-electron chi connectivity index (χ3n) is 4.16. The van der Waals surface area contributed by atoms with Gasteiger partial charge in [0.05, 0.1) is 18.5 Å². The van der Waals surface area contributed by atoms with E-state index in [1.54, 1.807) is 23.9 Å². The Morgan fingerprint density at radius 3 is 2.68 bits per heavy atom. The van der Waals surface area contributed by atoms with Crippen molar-refractivity contribution >= 4 is 45.0 Å². The lowest BCUT2D eigenvalue weighted by Gasteiger charge is -2.34. The van der Waals surface area contributed by atoms with Gasteiger partial charge in [0, 0.05) is 22.2 Å². The Balaban J connectivity index is 1.61. The summed E-state index contributed by atoms with van der Waals surface area (Å²) in [6.07, 6.45) is 0.229. The molecule has 1 N–H and O–H groups in total. The van der Waals surface area contributed by atoms with Crippen molar-refractivity contribution in [2.24, 2.45) is 0 Å². The first-order valence-corrected chi connectivity index (χ1v) is 11.9. The quantitative estimate of drug-likeness (QED) is 0.551. The Hall–Kier alpha value is -1.90. The Labute approximate surface area is 174 Å². The van der Waals surface area contributed by atoms with Crippen LogP contribution >= 0.6 is 23.4 Å². The first-order chi connectivity index (χ1) is 13.2. The number of thioether (sulfide) groups is 1. The average Bonchev–Trinajstić information content (AvgIpc) is 2.64. The first kappa shape index (κ1) is 20.8. The van der Waals surface area contributed by atoms with Gasteiger partial charge in [0.2, 0.25) is 10.0 Å². The minimum absolute atomic E-state index is 0.0502. The summed E-state index contributed by atoms with van der Waals surface area (Å²) in [7, 11) is -3.53. The van der Waals surface area contributed by atoms with Gasteiger partial charge >= 0.3 is 0 Å². The Kier molecular flexibility index (Phi) is 6.42. The molecule has 0 fully saturated rings. The van der Waals surface area contributed by atoms with E-state index in [2.05, 4.69) is 5.32 Å². The third kappa shape index (κ3) is 5.12. The zero-order chi connectivity index (χ0) is 20.3. The maximum absolute atomic E-state index is 12.5. The smallest absolute Gasteiger partial charge is 0.263 e. The number of hydrogen-bond donors (Lipinski definition) is 1. The van der Waals surface area contributed by atoms with Crippen LogP contribution < -0.4 is 14.4 Å². The van der Waals surface area contributed by atoms with Crippen LogP contribution in [-0.2, 0) is 14.8 Å². The molecule has 1 amide bonds. The Morgan fingerprint density at radius 2 is 2.00 bits per heavy atom. The first-order valence-electron chi connectivity index (χ1n) is 8.65. The minimum Gasteiger partial charge on any atom is -0.476 e. The van der Waals surface area contributed by atoms with Crippen molar-refractivity contribution in [3.05, 3.63) is 53.1 Å². The molecule has 0 bridgehead atoms. The fourth-order valence-corrected chi connectivity index (χ4v) is 4.60. The van der Waals surface area contributed by atoms with Gasteiger partial charge in [0.1, 0.15) is 5.75 Å². The fraction of sp³-hybridized carbons (Fsp3) is 0.316. The number of halogens is 1. The average molecular weight is 441 g/mol. The molecule has 0 aromatic heterocycles. The summed E-state index contributed by atoms with van der Waals surface area (Å²) in [4.78, 5) is 13.6. The summed E-state index contributed by atoms with van der Waals surface area (Å²) in [5.41, 5.74) is 1.38. The number of aryl methyl sites for hydroxylation is 1. The molecule has 28 heavy (non-hydrogen) atoms. The van der Waals surface area contributed by atoms with Gasteiger partial charge in [-0.05, 0) is 48.9 Å². The molecule has 0 spiro atoms. The molecule has 2 aromatic carbocycles. The van der Waals surface area contributed by atoms with Gasteiger partial charge in [-0.1, -0.05) is 17.7 Å². The second-order valence-corrected chi connectivity index (χ2v) is 9.98. The van der Waals surface area contributed by atoms with E-state index in [1.165, 1.54) is 4.31 Å². The fourth-order valence-electron chi connectivity index (χ4n) is 2.80. The van der Waals surface area contributed by atoms with Crippen LogP contribution in [0.25, 0.3) is 0 Å². The third-order valence-corrected chi connectivity index (χ3v) is 6.57. The molecule has 0 saturated heterocycles.